The van der Waals surface area contributed by atoms with Crippen LogP contribution in [0.5, 0.6) is 0 Å². The molecule has 0 aromatic carbocycles. The summed E-state index contributed by atoms with van der Waals surface area (Å²) in [7, 11) is 0. The number of nitriles is 1. The molecule has 2 aromatic heterocycles. The second-order valence-corrected chi connectivity index (χ2v) is 5.59. The van der Waals surface area contributed by atoms with E-state index in [0.717, 1.165) is 12.3 Å². The third kappa shape index (κ3) is 2.38. The summed E-state index contributed by atoms with van der Waals surface area (Å²) in [5.74, 6) is 0.828. The first-order valence-corrected chi connectivity index (χ1v) is 6.81. The summed E-state index contributed by atoms with van der Waals surface area (Å²) in [4.78, 5) is 12.1. The highest BCUT2D eigenvalue weighted by Crippen LogP contribution is 2.43. The van der Waals surface area contributed by atoms with Gasteiger partial charge in [-0.3, -0.25) is 0 Å². The molecular formula is C15H14F3N5. The standard InChI is InChI=1S/C15H12F3N5.H2/c1-8-20-5-9(4-19)12(23-8)14(2)7-22-13-11(14)3-10(6-21-13)15(16,17)18;/h3,5-6H,7H2,1-2H3,(H,21,22);1H. The van der Waals surface area contributed by atoms with Crippen LogP contribution < -0.4 is 5.32 Å². The van der Waals surface area contributed by atoms with Crippen LogP contribution in [0.4, 0.5) is 19.0 Å². The van der Waals surface area contributed by atoms with Gasteiger partial charge < -0.3 is 5.32 Å². The minimum Gasteiger partial charge on any atom is -0.369 e. The van der Waals surface area contributed by atoms with E-state index in [9.17, 15) is 18.4 Å². The highest BCUT2D eigenvalue weighted by atomic mass is 19.4. The molecule has 0 saturated heterocycles. The SMILES string of the molecule is Cc1ncc(C#N)c(C2(C)CNc3ncc(C(F)(F)F)cc32)n1.[HH]. The number of hydrogen-bond donors (Lipinski definition) is 1. The minimum atomic E-state index is -4.48. The maximum atomic E-state index is 13.0. The first-order chi connectivity index (χ1) is 10.8. The molecule has 5 nitrogen and oxygen atoms in total. The van der Waals surface area contributed by atoms with E-state index in [1.54, 1.807) is 13.8 Å². The fourth-order valence-electron chi connectivity index (χ4n) is 2.72. The molecule has 1 atom stereocenters. The predicted octanol–water partition coefficient (Wildman–Crippen LogP) is 3.05. The van der Waals surface area contributed by atoms with E-state index in [-0.39, 0.29) is 6.99 Å². The van der Waals surface area contributed by atoms with Gasteiger partial charge in [0.1, 0.15) is 17.7 Å². The van der Waals surface area contributed by atoms with Gasteiger partial charge in [0, 0.05) is 25.9 Å². The molecule has 1 unspecified atom stereocenters. The van der Waals surface area contributed by atoms with Crippen molar-refractivity contribution in [3.05, 3.63) is 46.7 Å². The van der Waals surface area contributed by atoms with Crippen LogP contribution in [0.2, 0.25) is 0 Å². The molecule has 0 spiro atoms. The number of aromatic nitrogens is 3. The van der Waals surface area contributed by atoms with Crippen LogP contribution in [-0.4, -0.2) is 21.5 Å². The van der Waals surface area contributed by atoms with E-state index in [1.165, 1.54) is 6.20 Å². The molecule has 0 bridgehead atoms. The Morgan fingerprint density at radius 1 is 1.35 bits per heavy atom. The second-order valence-electron chi connectivity index (χ2n) is 5.59. The molecule has 0 amide bonds. The predicted molar refractivity (Wildman–Crippen MR) is 77.8 cm³/mol. The van der Waals surface area contributed by atoms with Crippen molar-refractivity contribution in [1.82, 2.24) is 15.0 Å². The van der Waals surface area contributed by atoms with Crippen LogP contribution in [-0.2, 0) is 11.6 Å². The van der Waals surface area contributed by atoms with Crippen LogP contribution in [0.3, 0.4) is 0 Å². The zero-order valence-corrected chi connectivity index (χ0v) is 12.4. The van der Waals surface area contributed by atoms with Gasteiger partial charge in [-0.15, -0.1) is 0 Å². The smallest absolute Gasteiger partial charge is 0.369 e. The summed E-state index contributed by atoms with van der Waals surface area (Å²) in [6, 6.07) is 3.08. The normalized spacial score (nSPS) is 19.8. The monoisotopic (exact) mass is 321 g/mol. The van der Waals surface area contributed by atoms with Crippen LogP contribution >= 0.6 is 0 Å². The van der Waals surface area contributed by atoms with E-state index < -0.39 is 17.2 Å². The molecule has 3 heterocycles. The van der Waals surface area contributed by atoms with Gasteiger partial charge in [-0.25, -0.2) is 15.0 Å². The number of hydrogen-bond acceptors (Lipinski definition) is 5. The summed E-state index contributed by atoms with van der Waals surface area (Å²) in [6.45, 7) is 3.72. The number of alkyl halides is 3. The van der Waals surface area contributed by atoms with Crippen LogP contribution in [0.25, 0.3) is 0 Å². The maximum absolute atomic E-state index is 13.0. The van der Waals surface area contributed by atoms with Gasteiger partial charge >= 0.3 is 6.18 Å². The van der Waals surface area contributed by atoms with E-state index in [4.69, 9.17) is 0 Å². The Morgan fingerprint density at radius 3 is 2.74 bits per heavy atom. The quantitative estimate of drug-likeness (QED) is 0.874. The third-order valence-corrected chi connectivity index (χ3v) is 3.97. The molecule has 0 aliphatic carbocycles. The Balaban J connectivity index is 0.00000208. The fourth-order valence-corrected chi connectivity index (χ4v) is 2.72. The lowest BCUT2D eigenvalue weighted by Crippen LogP contribution is -2.29. The van der Waals surface area contributed by atoms with E-state index in [2.05, 4.69) is 20.3 Å². The molecule has 0 fully saturated rings. The van der Waals surface area contributed by atoms with E-state index >= 15 is 0 Å². The number of fused-ring (bicyclic) bond motifs is 1. The number of pyridine rings is 1. The Bertz CT molecular complexity index is 831. The molecule has 1 aliphatic rings. The summed E-state index contributed by atoms with van der Waals surface area (Å²) in [6.07, 6.45) is -2.29. The second kappa shape index (κ2) is 4.91. The molecule has 23 heavy (non-hydrogen) atoms. The zero-order valence-electron chi connectivity index (χ0n) is 12.4. The van der Waals surface area contributed by atoms with E-state index in [0.29, 0.717) is 29.4 Å². The Labute approximate surface area is 131 Å². The third-order valence-electron chi connectivity index (χ3n) is 3.97. The largest absolute Gasteiger partial charge is 0.417 e. The fraction of sp³-hybridized carbons (Fsp3) is 0.333. The van der Waals surface area contributed by atoms with Crippen LogP contribution in [0, 0.1) is 18.3 Å². The van der Waals surface area contributed by atoms with Gasteiger partial charge in [-0.05, 0) is 19.9 Å². The lowest BCUT2D eigenvalue weighted by molar-refractivity contribution is -0.137. The van der Waals surface area contributed by atoms with E-state index in [1.807, 2.05) is 6.07 Å². The maximum Gasteiger partial charge on any atom is 0.417 e. The Hall–Kier alpha value is -2.69. The molecule has 0 saturated carbocycles. The van der Waals surface area contributed by atoms with Gasteiger partial charge in [0.2, 0.25) is 0 Å². The van der Waals surface area contributed by atoms with Gasteiger partial charge in [0.25, 0.3) is 0 Å². The Kier molecular flexibility index (Phi) is 3.25. The van der Waals surface area contributed by atoms with Crippen molar-refractivity contribution < 1.29 is 14.6 Å². The molecule has 1 aliphatic heterocycles. The lowest BCUT2D eigenvalue weighted by atomic mass is 9.79. The number of halogens is 3. The van der Waals surface area contributed by atoms with Crippen molar-refractivity contribution >= 4 is 5.82 Å². The highest BCUT2D eigenvalue weighted by Gasteiger charge is 2.42. The average molecular weight is 321 g/mol. The van der Waals surface area contributed by atoms with Crippen molar-refractivity contribution in [2.75, 3.05) is 11.9 Å². The van der Waals surface area contributed by atoms with Crippen molar-refractivity contribution in [3.8, 4) is 6.07 Å². The van der Waals surface area contributed by atoms with Crippen molar-refractivity contribution in [3.63, 3.8) is 0 Å². The summed E-state index contributed by atoms with van der Waals surface area (Å²) >= 11 is 0. The number of aryl methyl sites for hydroxylation is 1. The Morgan fingerprint density at radius 2 is 2.09 bits per heavy atom. The van der Waals surface area contributed by atoms with Gasteiger partial charge in [0.05, 0.1) is 22.2 Å². The number of nitrogens with one attached hydrogen (secondary N) is 1. The first kappa shape index (κ1) is 15.2. The first-order valence-electron chi connectivity index (χ1n) is 6.81. The van der Waals surface area contributed by atoms with Crippen LogP contribution in [0.1, 0.15) is 36.6 Å². The van der Waals surface area contributed by atoms with Crippen molar-refractivity contribution in [2.45, 2.75) is 25.4 Å². The highest BCUT2D eigenvalue weighted by molar-refractivity contribution is 5.61. The zero-order chi connectivity index (χ0) is 16.8. The van der Waals surface area contributed by atoms with Crippen molar-refractivity contribution in [1.29, 1.82) is 5.26 Å². The van der Waals surface area contributed by atoms with Crippen LogP contribution in [0.15, 0.2) is 18.5 Å². The topological polar surface area (TPSA) is 74.5 Å². The summed E-state index contributed by atoms with van der Waals surface area (Å²) in [5.41, 5.74) is -0.690. The molecule has 8 heteroatoms. The molecule has 2 aromatic rings. The number of rotatable bonds is 1. The molecule has 120 valence electrons. The minimum absolute atomic E-state index is 0. The number of anilines is 1. The molecular weight excluding hydrogens is 307 g/mol. The summed E-state index contributed by atoms with van der Waals surface area (Å²) in [5, 5.41) is 12.3. The lowest BCUT2D eigenvalue weighted by Gasteiger charge is -2.25. The number of nitrogens with zero attached hydrogens (tertiary/aromatic N) is 4. The summed E-state index contributed by atoms with van der Waals surface area (Å²) < 4.78 is 38.9. The molecule has 3 rings (SSSR count). The van der Waals surface area contributed by atoms with Gasteiger partial charge in [-0.2, -0.15) is 18.4 Å². The average Bonchev–Trinajstić information content (AvgIpc) is 2.84. The van der Waals surface area contributed by atoms with Gasteiger partial charge in [-0.1, -0.05) is 0 Å². The van der Waals surface area contributed by atoms with Crippen molar-refractivity contribution in [2.24, 2.45) is 0 Å². The van der Waals surface area contributed by atoms with Gasteiger partial charge in [0.15, 0.2) is 0 Å². The molecule has 0 radical (unpaired) electrons. The molecule has 1 N–H and O–H groups in total.